The first-order valence-corrected chi connectivity index (χ1v) is 11.9. The molecule has 0 bridgehead atoms. The standard InChI is InChI=1S/C26H24N4O6/c1-28(15-4-6-18-20(11-15)29(2)24(34)26(18)9-10-26)25(35)36-16-5-3-14-13-30(23(33)17(14)12-16)19-7-8-21(31)27-22(19)32/h3-6,11-12,19H,7-10,13H2,1-2H3,(H,27,31,32). The zero-order valence-electron chi connectivity index (χ0n) is 19.9. The molecule has 36 heavy (non-hydrogen) atoms. The van der Waals surface area contributed by atoms with Gasteiger partial charge < -0.3 is 14.5 Å². The molecule has 184 valence electrons. The number of hydrogen-bond donors (Lipinski definition) is 1. The van der Waals surface area contributed by atoms with Gasteiger partial charge in [0.2, 0.25) is 17.7 Å². The van der Waals surface area contributed by atoms with Crippen molar-refractivity contribution in [1.29, 1.82) is 0 Å². The summed E-state index contributed by atoms with van der Waals surface area (Å²) in [6.07, 6.45) is 1.51. The highest BCUT2D eigenvalue weighted by Crippen LogP contribution is 2.57. The van der Waals surface area contributed by atoms with Gasteiger partial charge in [-0.15, -0.1) is 0 Å². The van der Waals surface area contributed by atoms with E-state index in [-0.39, 0.29) is 48.3 Å². The monoisotopic (exact) mass is 488 g/mol. The van der Waals surface area contributed by atoms with Crippen molar-refractivity contribution in [3.63, 3.8) is 0 Å². The largest absolute Gasteiger partial charge is 0.419 e. The molecular weight excluding hydrogens is 464 g/mol. The number of amides is 5. The zero-order valence-corrected chi connectivity index (χ0v) is 19.9. The van der Waals surface area contributed by atoms with Crippen molar-refractivity contribution >= 4 is 41.1 Å². The molecule has 10 heteroatoms. The fourth-order valence-electron chi connectivity index (χ4n) is 5.44. The number of carbonyl (C=O) groups is 5. The molecule has 1 saturated heterocycles. The van der Waals surface area contributed by atoms with Gasteiger partial charge in [0, 0.05) is 44.0 Å². The molecule has 0 radical (unpaired) electrons. The minimum atomic E-state index is -0.709. The van der Waals surface area contributed by atoms with Gasteiger partial charge in [-0.25, -0.2) is 4.79 Å². The molecule has 1 atom stereocenters. The van der Waals surface area contributed by atoms with Crippen molar-refractivity contribution in [1.82, 2.24) is 10.2 Å². The summed E-state index contributed by atoms with van der Waals surface area (Å²) in [5.41, 5.74) is 3.07. The SMILES string of the molecule is CN(C(=O)Oc1ccc2c(c1)C(=O)N(C1CCC(=O)NC1=O)C2)c1ccc2c(c1)N(C)C(=O)C21CC1. The molecular formula is C26H24N4O6. The molecule has 1 aliphatic carbocycles. The van der Waals surface area contributed by atoms with Gasteiger partial charge in [-0.3, -0.25) is 29.4 Å². The maximum Gasteiger partial charge on any atom is 0.419 e. The number of imide groups is 1. The van der Waals surface area contributed by atoms with E-state index in [1.165, 1.54) is 15.9 Å². The molecule has 2 fully saturated rings. The maximum absolute atomic E-state index is 13.0. The number of benzene rings is 2. The number of carbonyl (C=O) groups excluding carboxylic acids is 5. The Hall–Kier alpha value is -4.21. The third kappa shape index (κ3) is 3.20. The predicted molar refractivity (Wildman–Crippen MR) is 128 cm³/mol. The highest BCUT2D eigenvalue weighted by atomic mass is 16.6. The molecule has 0 aromatic heterocycles. The minimum Gasteiger partial charge on any atom is -0.410 e. The van der Waals surface area contributed by atoms with Gasteiger partial charge in [0.15, 0.2) is 0 Å². The lowest BCUT2D eigenvalue weighted by molar-refractivity contribution is -0.137. The van der Waals surface area contributed by atoms with E-state index in [4.69, 9.17) is 4.74 Å². The fourth-order valence-corrected chi connectivity index (χ4v) is 5.44. The van der Waals surface area contributed by atoms with Crippen molar-refractivity contribution in [3.05, 3.63) is 53.1 Å². The van der Waals surface area contributed by atoms with Crippen LogP contribution in [0, 0.1) is 0 Å². The molecule has 2 aromatic carbocycles. The molecule has 10 nitrogen and oxygen atoms in total. The van der Waals surface area contributed by atoms with Gasteiger partial charge in [0.05, 0.1) is 5.41 Å². The number of hydrogen-bond acceptors (Lipinski definition) is 6. The van der Waals surface area contributed by atoms with Crippen LogP contribution in [0.4, 0.5) is 16.2 Å². The van der Waals surface area contributed by atoms with Gasteiger partial charge in [-0.2, -0.15) is 0 Å². The Kier molecular flexibility index (Phi) is 4.73. The number of rotatable bonds is 3. The number of piperidine rings is 1. The number of ether oxygens (including phenoxy) is 1. The van der Waals surface area contributed by atoms with E-state index >= 15 is 0 Å². The first-order chi connectivity index (χ1) is 17.2. The molecule has 1 spiro atoms. The van der Waals surface area contributed by atoms with Gasteiger partial charge >= 0.3 is 6.09 Å². The molecule has 3 heterocycles. The average Bonchev–Trinajstić information content (AvgIpc) is 3.57. The van der Waals surface area contributed by atoms with E-state index in [0.29, 0.717) is 11.3 Å². The highest BCUT2D eigenvalue weighted by molar-refractivity contribution is 6.10. The Bertz CT molecular complexity index is 1380. The Labute approximate surface area is 206 Å². The quantitative estimate of drug-likeness (QED) is 0.662. The van der Waals surface area contributed by atoms with Gasteiger partial charge in [0.25, 0.3) is 5.91 Å². The first kappa shape index (κ1) is 22.3. The van der Waals surface area contributed by atoms with E-state index in [1.807, 2.05) is 12.1 Å². The molecule has 5 amide bonds. The van der Waals surface area contributed by atoms with Gasteiger partial charge in [-0.1, -0.05) is 12.1 Å². The lowest BCUT2D eigenvalue weighted by atomic mass is 9.97. The summed E-state index contributed by atoms with van der Waals surface area (Å²) in [7, 11) is 3.33. The molecule has 6 rings (SSSR count). The van der Waals surface area contributed by atoms with Crippen LogP contribution in [0.25, 0.3) is 0 Å². The summed E-state index contributed by atoms with van der Waals surface area (Å²) in [6, 6.07) is 9.62. The summed E-state index contributed by atoms with van der Waals surface area (Å²) in [4.78, 5) is 66.7. The molecule has 1 N–H and O–H groups in total. The van der Waals surface area contributed by atoms with Crippen molar-refractivity contribution in [3.8, 4) is 5.75 Å². The Morgan fingerprint density at radius 1 is 1.11 bits per heavy atom. The van der Waals surface area contributed by atoms with E-state index < -0.39 is 18.0 Å². The molecule has 3 aliphatic heterocycles. The van der Waals surface area contributed by atoms with Crippen LogP contribution in [-0.4, -0.2) is 54.8 Å². The average molecular weight is 489 g/mol. The van der Waals surface area contributed by atoms with Crippen molar-refractivity contribution < 1.29 is 28.7 Å². The molecule has 1 saturated carbocycles. The summed E-state index contributed by atoms with van der Waals surface area (Å²) in [5.74, 6) is -0.864. The van der Waals surface area contributed by atoms with E-state index in [1.54, 1.807) is 37.2 Å². The third-order valence-corrected chi connectivity index (χ3v) is 7.69. The summed E-state index contributed by atoms with van der Waals surface area (Å²) in [6.45, 7) is 0.247. The molecule has 4 aliphatic rings. The number of fused-ring (bicyclic) bond motifs is 3. The smallest absolute Gasteiger partial charge is 0.410 e. The van der Waals surface area contributed by atoms with Crippen LogP contribution in [-0.2, 0) is 26.3 Å². The van der Waals surface area contributed by atoms with E-state index in [2.05, 4.69) is 5.32 Å². The van der Waals surface area contributed by atoms with Gasteiger partial charge in [-0.05, 0) is 54.7 Å². The van der Waals surface area contributed by atoms with Crippen LogP contribution in [0.5, 0.6) is 5.75 Å². The maximum atomic E-state index is 13.0. The number of nitrogens with one attached hydrogen (secondary N) is 1. The second-order valence-electron chi connectivity index (χ2n) is 9.79. The van der Waals surface area contributed by atoms with Crippen LogP contribution in [0.2, 0.25) is 0 Å². The lowest BCUT2D eigenvalue weighted by Crippen LogP contribution is -2.52. The second kappa shape index (κ2) is 7.64. The lowest BCUT2D eigenvalue weighted by Gasteiger charge is -2.29. The van der Waals surface area contributed by atoms with Crippen LogP contribution in [0.15, 0.2) is 36.4 Å². The fraction of sp³-hybridized carbons (Fsp3) is 0.346. The topological polar surface area (TPSA) is 116 Å². The van der Waals surface area contributed by atoms with Crippen LogP contribution in [0.1, 0.15) is 47.2 Å². The van der Waals surface area contributed by atoms with E-state index in [0.717, 1.165) is 29.7 Å². The van der Waals surface area contributed by atoms with E-state index in [9.17, 15) is 24.0 Å². The van der Waals surface area contributed by atoms with Crippen molar-refractivity contribution in [2.45, 2.75) is 43.7 Å². The van der Waals surface area contributed by atoms with Gasteiger partial charge in [0.1, 0.15) is 11.8 Å². The number of likely N-dealkylation sites (N-methyl/N-ethyl adjacent to an activating group) is 1. The minimum absolute atomic E-state index is 0.0917. The normalized spacial score (nSPS) is 21.4. The summed E-state index contributed by atoms with van der Waals surface area (Å²) >= 11 is 0. The summed E-state index contributed by atoms with van der Waals surface area (Å²) in [5, 5.41) is 2.28. The molecule has 2 aromatic rings. The highest BCUT2D eigenvalue weighted by Gasteiger charge is 2.58. The molecule has 1 unspecified atom stereocenters. The Morgan fingerprint density at radius 2 is 1.89 bits per heavy atom. The predicted octanol–water partition coefficient (Wildman–Crippen LogP) is 2.09. The van der Waals surface area contributed by atoms with Crippen LogP contribution < -0.4 is 19.9 Å². The summed E-state index contributed by atoms with van der Waals surface area (Å²) < 4.78 is 5.55. The Balaban J connectivity index is 1.18. The van der Waals surface area contributed by atoms with Crippen molar-refractivity contribution in [2.24, 2.45) is 0 Å². The zero-order chi connectivity index (χ0) is 25.4. The van der Waals surface area contributed by atoms with Crippen LogP contribution >= 0.6 is 0 Å². The third-order valence-electron chi connectivity index (χ3n) is 7.69. The second-order valence-corrected chi connectivity index (χ2v) is 9.79. The first-order valence-electron chi connectivity index (χ1n) is 11.9. The number of nitrogens with zero attached hydrogens (tertiary/aromatic N) is 3. The van der Waals surface area contributed by atoms with Crippen LogP contribution in [0.3, 0.4) is 0 Å². The van der Waals surface area contributed by atoms with Crippen molar-refractivity contribution in [2.75, 3.05) is 23.9 Å². The number of anilines is 2. The Morgan fingerprint density at radius 3 is 2.61 bits per heavy atom.